The molecule has 0 bridgehead atoms. The summed E-state index contributed by atoms with van der Waals surface area (Å²) in [4.78, 5) is 37.9. The summed E-state index contributed by atoms with van der Waals surface area (Å²) in [7, 11) is 0. The van der Waals surface area contributed by atoms with Gasteiger partial charge in [0.15, 0.2) is 6.10 Å². The molecule has 0 spiro atoms. The topological polar surface area (TPSA) is 78.9 Å². The minimum atomic E-state index is -0.778. The molecule has 0 amide bonds. The largest absolute Gasteiger partial charge is 0.462 e. The van der Waals surface area contributed by atoms with Gasteiger partial charge in [-0.25, -0.2) is 0 Å². The number of ether oxygens (including phenoxy) is 3. The van der Waals surface area contributed by atoms with Crippen molar-refractivity contribution in [3.8, 4) is 0 Å². The Morgan fingerprint density at radius 3 is 1.02 bits per heavy atom. The molecule has 1 unspecified atom stereocenters. The molecule has 0 radical (unpaired) electrons. The fourth-order valence-corrected chi connectivity index (χ4v) is 7.59. The average molecular weight is 857 g/mol. The summed E-state index contributed by atoms with van der Waals surface area (Å²) in [6, 6.07) is 0. The molecule has 61 heavy (non-hydrogen) atoms. The third-order valence-electron chi connectivity index (χ3n) is 11.6. The lowest BCUT2D eigenvalue weighted by Gasteiger charge is -2.18. The van der Waals surface area contributed by atoms with Gasteiger partial charge >= 0.3 is 17.9 Å². The molecular formula is C55H100O6. The van der Waals surface area contributed by atoms with Crippen LogP contribution in [0.5, 0.6) is 0 Å². The highest BCUT2D eigenvalue weighted by Gasteiger charge is 2.19. The van der Waals surface area contributed by atoms with Crippen molar-refractivity contribution in [3.05, 3.63) is 36.5 Å². The maximum atomic E-state index is 12.8. The van der Waals surface area contributed by atoms with E-state index in [1.54, 1.807) is 0 Å². The SMILES string of the molecule is CCC/C=C\CCCCCCCC(=O)OCC(COC(=O)CCCCCCCCCCCCCCCCCCCC)OC(=O)CCCCCCC/C=C\C/C=C\CCCCC. The molecule has 0 fully saturated rings. The molecule has 0 N–H and O–H groups in total. The first-order valence-electron chi connectivity index (χ1n) is 26.5. The average Bonchev–Trinajstić information content (AvgIpc) is 3.26. The lowest BCUT2D eigenvalue weighted by Crippen LogP contribution is -2.30. The van der Waals surface area contributed by atoms with Gasteiger partial charge < -0.3 is 14.2 Å². The molecule has 1 atom stereocenters. The maximum Gasteiger partial charge on any atom is 0.306 e. The van der Waals surface area contributed by atoms with Crippen molar-refractivity contribution in [1.29, 1.82) is 0 Å². The van der Waals surface area contributed by atoms with Crippen LogP contribution in [0.4, 0.5) is 0 Å². The number of rotatable bonds is 48. The van der Waals surface area contributed by atoms with Crippen LogP contribution in [0.3, 0.4) is 0 Å². The number of esters is 3. The summed E-state index contributed by atoms with van der Waals surface area (Å²) < 4.78 is 16.8. The molecule has 0 aromatic carbocycles. The quantitative estimate of drug-likeness (QED) is 0.0262. The van der Waals surface area contributed by atoms with Crippen molar-refractivity contribution in [3.63, 3.8) is 0 Å². The third-order valence-corrected chi connectivity index (χ3v) is 11.6. The van der Waals surface area contributed by atoms with Gasteiger partial charge in [0.1, 0.15) is 13.2 Å². The van der Waals surface area contributed by atoms with Crippen LogP contribution in [0.2, 0.25) is 0 Å². The Kier molecular flexibility index (Phi) is 48.3. The van der Waals surface area contributed by atoms with E-state index in [0.29, 0.717) is 19.3 Å². The zero-order valence-electron chi connectivity index (χ0n) is 40.7. The lowest BCUT2D eigenvalue weighted by molar-refractivity contribution is -0.167. The van der Waals surface area contributed by atoms with E-state index in [4.69, 9.17) is 14.2 Å². The smallest absolute Gasteiger partial charge is 0.306 e. The zero-order chi connectivity index (χ0) is 44.4. The number of unbranched alkanes of at least 4 members (excludes halogenated alkanes) is 31. The number of allylic oxidation sites excluding steroid dienone is 6. The normalized spacial score (nSPS) is 12.2. The Morgan fingerprint density at radius 2 is 0.623 bits per heavy atom. The van der Waals surface area contributed by atoms with E-state index in [9.17, 15) is 14.4 Å². The highest BCUT2D eigenvalue weighted by Crippen LogP contribution is 2.16. The Hall–Kier alpha value is -2.37. The number of carbonyl (C=O) groups is 3. The van der Waals surface area contributed by atoms with Crippen LogP contribution in [0.25, 0.3) is 0 Å². The third kappa shape index (κ3) is 48.5. The summed E-state index contributed by atoms with van der Waals surface area (Å²) >= 11 is 0. The molecule has 0 aliphatic rings. The molecule has 0 saturated carbocycles. The van der Waals surface area contributed by atoms with Gasteiger partial charge in [-0.15, -0.1) is 0 Å². The van der Waals surface area contributed by atoms with Crippen LogP contribution in [0, 0.1) is 0 Å². The van der Waals surface area contributed by atoms with E-state index < -0.39 is 6.10 Å². The minimum Gasteiger partial charge on any atom is -0.462 e. The molecule has 0 aromatic rings. The van der Waals surface area contributed by atoms with Crippen LogP contribution in [0.1, 0.15) is 278 Å². The number of hydrogen-bond acceptors (Lipinski definition) is 6. The van der Waals surface area contributed by atoms with Crippen LogP contribution >= 0.6 is 0 Å². The first-order chi connectivity index (χ1) is 30.0. The molecule has 0 aliphatic carbocycles. The molecule has 0 heterocycles. The second-order valence-electron chi connectivity index (χ2n) is 17.8. The van der Waals surface area contributed by atoms with Gasteiger partial charge in [-0.1, -0.05) is 224 Å². The van der Waals surface area contributed by atoms with Gasteiger partial charge in [-0.05, 0) is 70.6 Å². The lowest BCUT2D eigenvalue weighted by atomic mass is 10.0. The van der Waals surface area contributed by atoms with Gasteiger partial charge in [0, 0.05) is 19.3 Å². The second kappa shape index (κ2) is 50.3. The Bertz CT molecular complexity index is 1030. The molecule has 6 nitrogen and oxygen atoms in total. The summed E-state index contributed by atoms with van der Waals surface area (Å²) in [6.45, 7) is 6.56. The van der Waals surface area contributed by atoms with Crippen molar-refractivity contribution in [1.82, 2.24) is 0 Å². The van der Waals surface area contributed by atoms with Crippen LogP contribution < -0.4 is 0 Å². The summed E-state index contributed by atoms with van der Waals surface area (Å²) in [5.41, 5.74) is 0. The van der Waals surface area contributed by atoms with Gasteiger partial charge in [0.05, 0.1) is 0 Å². The van der Waals surface area contributed by atoms with Crippen molar-refractivity contribution in [2.45, 2.75) is 284 Å². The van der Waals surface area contributed by atoms with Crippen LogP contribution in [-0.2, 0) is 28.6 Å². The van der Waals surface area contributed by atoms with E-state index in [1.165, 1.54) is 141 Å². The fraction of sp³-hybridized carbons (Fsp3) is 0.836. The molecule has 0 saturated heterocycles. The first-order valence-corrected chi connectivity index (χ1v) is 26.5. The second-order valence-corrected chi connectivity index (χ2v) is 17.8. The molecule has 0 aromatic heterocycles. The molecule has 356 valence electrons. The molecular weight excluding hydrogens is 757 g/mol. The van der Waals surface area contributed by atoms with Gasteiger partial charge in [-0.3, -0.25) is 14.4 Å². The Labute approximate surface area is 378 Å². The summed E-state index contributed by atoms with van der Waals surface area (Å²) in [5.74, 6) is -0.892. The zero-order valence-corrected chi connectivity index (χ0v) is 40.7. The Balaban J connectivity index is 4.31. The number of hydrogen-bond donors (Lipinski definition) is 0. The van der Waals surface area contributed by atoms with Crippen molar-refractivity contribution in [2.75, 3.05) is 13.2 Å². The van der Waals surface area contributed by atoms with Crippen molar-refractivity contribution >= 4 is 17.9 Å². The highest BCUT2D eigenvalue weighted by molar-refractivity contribution is 5.71. The van der Waals surface area contributed by atoms with Crippen LogP contribution in [-0.4, -0.2) is 37.2 Å². The van der Waals surface area contributed by atoms with Crippen molar-refractivity contribution in [2.24, 2.45) is 0 Å². The first kappa shape index (κ1) is 58.6. The molecule has 0 rings (SSSR count). The monoisotopic (exact) mass is 857 g/mol. The predicted molar refractivity (Wildman–Crippen MR) is 261 cm³/mol. The van der Waals surface area contributed by atoms with E-state index in [-0.39, 0.29) is 31.1 Å². The van der Waals surface area contributed by atoms with E-state index >= 15 is 0 Å². The molecule has 0 aliphatic heterocycles. The highest BCUT2D eigenvalue weighted by atomic mass is 16.6. The fourth-order valence-electron chi connectivity index (χ4n) is 7.59. The van der Waals surface area contributed by atoms with Gasteiger partial charge in [0.2, 0.25) is 0 Å². The van der Waals surface area contributed by atoms with E-state index in [1.807, 2.05) is 0 Å². The van der Waals surface area contributed by atoms with E-state index in [2.05, 4.69) is 57.2 Å². The van der Waals surface area contributed by atoms with Gasteiger partial charge in [0.25, 0.3) is 0 Å². The Morgan fingerprint density at radius 1 is 0.328 bits per heavy atom. The minimum absolute atomic E-state index is 0.0776. The van der Waals surface area contributed by atoms with Gasteiger partial charge in [-0.2, -0.15) is 0 Å². The predicted octanol–water partition coefficient (Wildman–Crippen LogP) is 17.3. The van der Waals surface area contributed by atoms with Crippen LogP contribution in [0.15, 0.2) is 36.5 Å². The number of carbonyl (C=O) groups excluding carboxylic acids is 3. The van der Waals surface area contributed by atoms with E-state index in [0.717, 1.165) is 96.3 Å². The standard InChI is InChI=1S/C55H100O6/c1-4-7-10-13-16-19-22-24-26-27-28-30-31-33-36-39-42-45-48-54(57)60-51-52(50-59-53(56)47-44-41-38-35-21-18-15-12-9-6-3)61-55(58)49-46-43-40-37-34-32-29-25-23-20-17-14-11-8-5-2/h12,15,17,20,25,29,52H,4-11,13-14,16,18-19,21-24,26-28,30-51H2,1-3H3/b15-12-,20-17-,29-25-. The molecule has 6 heteroatoms. The summed E-state index contributed by atoms with van der Waals surface area (Å²) in [6.07, 6.45) is 58.5. The van der Waals surface area contributed by atoms with Crippen molar-refractivity contribution < 1.29 is 28.6 Å². The maximum absolute atomic E-state index is 12.8. The summed E-state index contributed by atoms with van der Waals surface area (Å²) in [5, 5.41) is 0.